The van der Waals surface area contributed by atoms with Crippen molar-refractivity contribution < 1.29 is 4.79 Å². The van der Waals surface area contributed by atoms with Crippen LogP contribution in [0.3, 0.4) is 0 Å². The number of aromatic nitrogens is 3. The second-order valence-corrected chi connectivity index (χ2v) is 8.58. The lowest BCUT2D eigenvalue weighted by molar-refractivity contribution is -0.113. The van der Waals surface area contributed by atoms with Crippen LogP contribution in [0.1, 0.15) is 17.0 Å². The van der Waals surface area contributed by atoms with Crippen LogP contribution in [0.25, 0.3) is 16.8 Å². The van der Waals surface area contributed by atoms with Crippen LogP contribution in [0.5, 0.6) is 0 Å². The third-order valence-electron chi connectivity index (χ3n) is 4.65. The Morgan fingerprint density at radius 2 is 1.87 bits per heavy atom. The number of carbonyl (C=O) groups excluding carboxylic acids is 1. The number of hydrogen-bond donors (Lipinski definition) is 1. The molecule has 5 nitrogen and oxygen atoms in total. The topological polar surface area (TPSA) is 59.3 Å². The Balaban J connectivity index is 1.61. The molecule has 2 aromatic carbocycles. The van der Waals surface area contributed by atoms with Crippen molar-refractivity contribution in [3.05, 3.63) is 76.6 Å². The average Bonchev–Trinajstić information content (AvgIpc) is 3.02. The lowest BCUT2D eigenvalue weighted by Crippen LogP contribution is -2.14. The molecule has 0 fully saturated rings. The van der Waals surface area contributed by atoms with Crippen LogP contribution in [-0.2, 0) is 4.79 Å². The standard InChI is InChI=1S/C23H21ClN4OS/c1-14-5-4-6-19(11-14)26-20(29)13-30-21-12-15(2)25-23-22(16(3)27-28(21)23)17-7-9-18(24)10-8-17/h4-12H,13H2,1-3H3,(H,26,29). The Kier molecular flexibility index (Phi) is 5.79. The van der Waals surface area contributed by atoms with Crippen LogP contribution in [-0.4, -0.2) is 26.3 Å². The van der Waals surface area contributed by atoms with Gasteiger partial charge in [0.1, 0.15) is 5.03 Å². The normalized spacial score (nSPS) is 11.1. The van der Waals surface area contributed by atoms with Gasteiger partial charge in [0.15, 0.2) is 5.65 Å². The Hall–Kier alpha value is -2.83. The number of nitrogens with zero attached hydrogens (tertiary/aromatic N) is 3. The van der Waals surface area contributed by atoms with E-state index in [1.807, 2.05) is 79.9 Å². The number of hydrogen-bond acceptors (Lipinski definition) is 4. The summed E-state index contributed by atoms with van der Waals surface area (Å²) in [6.45, 7) is 5.91. The van der Waals surface area contributed by atoms with E-state index in [1.165, 1.54) is 11.8 Å². The van der Waals surface area contributed by atoms with E-state index in [9.17, 15) is 4.79 Å². The predicted octanol–water partition coefficient (Wildman–Crippen LogP) is 5.71. The van der Waals surface area contributed by atoms with E-state index in [1.54, 1.807) is 0 Å². The molecule has 0 saturated heterocycles. The van der Waals surface area contributed by atoms with Gasteiger partial charge in [-0.15, -0.1) is 0 Å². The molecule has 2 aromatic heterocycles. The van der Waals surface area contributed by atoms with Gasteiger partial charge in [0.2, 0.25) is 5.91 Å². The molecule has 4 rings (SSSR count). The SMILES string of the molecule is Cc1cccc(NC(=O)CSc2cc(C)nc3c(-c4ccc(Cl)cc4)c(C)nn23)c1. The predicted molar refractivity (Wildman–Crippen MR) is 123 cm³/mol. The third-order valence-corrected chi connectivity index (χ3v) is 5.89. The molecule has 0 radical (unpaired) electrons. The first-order chi connectivity index (χ1) is 14.4. The Labute approximate surface area is 184 Å². The molecule has 0 saturated carbocycles. The first kappa shape index (κ1) is 20.4. The molecule has 1 N–H and O–H groups in total. The van der Waals surface area contributed by atoms with Crippen molar-refractivity contribution in [1.29, 1.82) is 0 Å². The Morgan fingerprint density at radius 3 is 2.60 bits per heavy atom. The highest BCUT2D eigenvalue weighted by Crippen LogP contribution is 2.31. The molecule has 0 unspecified atom stereocenters. The number of rotatable bonds is 5. The molecule has 2 heterocycles. The molecule has 1 amide bonds. The number of amides is 1. The van der Waals surface area contributed by atoms with Crippen molar-refractivity contribution in [2.24, 2.45) is 0 Å². The van der Waals surface area contributed by atoms with Crippen LogP contribution >= 0.6 is 23.4 Å². The summed E-state index contributed by atoms with van der Waals surface area (Å²) < 4.78 is 1.82. The molecule has 0 spiro atoms. The Morgan fingerprint density at radius 1 is 1.10 bits per heavy atom. The summed E-state index contributed by atoms with van der Waals surface area (Å²) in [5.74, 6) is 0.219. The molecule has 4 aromatic rings. The summed E-state index contributed by atoms with van der Waals surface area (Å²) in [7, 11) is 0. The zero-order valence-corrected chi connectivity index (χ0v) is 18.5. The minimum absolute atomic E-state index is 0.0602. The average molecular weight is 437 g/mol. The molecule has 0 atom stereocenters. The Bertz CT molecular complexity index is 1230. The van der Waals surface area contributed by atoms with E-state index in [4.69, 9.17) is 21.7 Å². The molecular formula is C23H21ClN4OS. The summed E-state index contributed by atoms with van der Waals surface area (Å²) in [5.41, 5.74) is 6.42. The molecule has 0 aliphatic heterocycles. The van der Waals surface area contributed by atoms with Crippen LogP contribution in [0, 0.1) is 20.8 Å². The second kappa shape index (κ2) is 8.50. The fraction of sp³-hybridized carbons (Fsp3) is 0.174. The molecule has 7 heteroatoms. The van der Waals surface area contributed by atoms with Gasteiger partial charge in [0.05, 0.1) is 11.4 Å². The van der Waals surface area contributed by atoms with Gasteiger partial charge in [-0.05, 0) is 62.2 Å². The highest BCUT2D eigenvalue weighted by molar-refractivity contribution is 7.99. The zero-order valence-electron chi connectivity index (χ0n) is 16.9. The second-order valence-electron chi connectivity index (χ2n) is 7.14. The first-order valence-electron chi connectivity index (χ1n) is 9.53. The van der Waals surface area contributed by atoms with Crippen LogP contribution in [0.2, 0.25) is 5.02 Å². The highest BCUT2D eigenvalue weighted by Gasteiger charge is 2.17. The van der Waals surface area contributed by atoms with Crippen LogP contribution in [0.4, 0.5) is 5.69 Å². The lowest BCUT2D eigenvalue weighted by atomic mass is 10.1. The number of anilines is 1. The van der Waals surface area contributed by atoms with Crippen molar-refractivity contribution in [3.63, 3.8) is 0 Å². The van der Waals surface area contributed by atoms with Gasteiger partial charge in [0.25, 0.3) is 0 Å². The van der Waals surface area contributed by atoms with Crippen LogP contribution in [0.15, 0.2) is 59.6 Å². The monoisotopic (exact) mass is 436 g/mol. The van der Waals surface area contributed by atoms with Crippen molar-refractivity contribution >= 4 is 40.6 Å². The molecule has 30 heavy (non-hydrogen) atoms. The molecule has 0 bridgehead atoms. The van der Waals surface area contributed by atoms with Gasteiger partial charge in [0, 0.05) is 22.0 Å². The fourth-order valence-electron chi connectivity index (χ4n) is 3.33. The molecular weight excluding hydrogens is 416 g/mol. The minimum Gasteiger partial charge on any atom is -0.325 e. The van der Waals surface area contributed by atoms with Gasteiger partial charge >= 0.3 is 0 Å². The quantitative estimate of drug-likeness (QED) is 0.321. The number of aryl methyl sites for hydroxylation is 3. The van der Waals surface area contributed by atoms with Crippen molar-refractivity contribution in [1.82, 2.24) is 14.6 Å². The number of thioether (sulfide) groups is 1. The van der Waals surface area contributed by atoms with Gasteiger partial charge < -0.3 is 5.32 Å². The van der Waals surface area contributed by atoms with Gasteiger partial charge in [-0.25, -0.2) is 9.50 Å². The van der Waals surface area contributed by atoms with E-state index < -0.39 is 0 Å². The van der Waals surface area contributed by atoms with Crippen molar-refractivity contribution in [2.75, 3.05) is 11.1 Å². The summed E-state index contributed by atoms with van der Waals surface area (Å²) in [6, 6.07) is 17.4. The van der Waals surface area contributed by atoms with E-state index in [0.29, 0.717) is 5.02 Å². The van der Waals surface area contributed by atoms with Crippen LogP contribution < -0.4 is 5.32 Å². The maximum atomic E-state index is 12.5. The molecule has 0 aliphatic rings. The smallest absolute Gasteiger partial charge is 0.234 e. The number of fused-ring (bicyclic) bond motifs is 1. The molecule has 152 valence electrons. The van der Waals surface area contributed by atoms with E-state index in [-0.39, 0.29) is 11.7 Å². The zero-order chi connectivity index (χ0) is 21.3. The van der Waals surface area contributed by atoms with Gasteiger partial charge in [-0.2, -0.15) is 5.10 Å². The fourth-order valence-corrected chi connectivity index (χ4v) is 4.31. The van der Waals surface area contributed by atoms with E-state index in [0.717, 1.165) is 44.4 Å². The van der Waals surface area contributed by atoms with E-state index >= 15 is 0 Å². The maximum Gasteiger partial charge on any atom is 0.234 e. The largest absolute Gasteiger partial charge is 0.325 e. The van der Waals surface area contributed by atoms with Gasteiger partial charge in [-0.1, -0.05) is 47.6 Å². The summed E-state index contributed by atoms with van der Waals surface area (Å²) in [4.78, 5) is 17.2. The lowest BCUT2D eigenvalue weighted by Gasteiger charge is -2.08. The summed E-state index contributed by atoms with van der Waals surface area (Å²) >= 11 is 7.48. The first-order valence-corrected chi connectivity index (χ1v) is 10.9. The summed E-state index contributed by atoms with van der Waals surface area (Å²) in [5, 5.41) is 9.20. The number of halogens is 1. The van der Waals surface area contributed by atoms with E-state index in [2.05, 4.69) is 5.32 Å². The van der Waals surface area contributed by atoms with Crippen molar-refractivity contribution in [2.45, 2.75) is 25.8 Å². The van der Waals surface area contributed by atoms with Crippen molar-refractivity contribution in [3.8, 4) is 11.1 Å². The molecule has 0 aliphatic carbocycles. The number of carbonyl (C=O) groups is 1. The number of nitrogens with one attached hydrogen (secondary N) is 1. The maximum absolute atomic E-state index is 12.5. The van der Waals surface area contributed by atoms with Gasteiger partial charge in [-0.3, -0.25) is 4.79 Å². The highest BCUT2D eigenvalue weighted by atomic mass is 35.5. The number of benzene rings is 2. The summed E-state index contributed by atoms with van der Waals surface area (Å²) in [6.07, 6.45) is 0. The minimum atomic E-state index is -0.0602. The third kappa shape index (κ3) is 4.35.